The molecule has 1 aromatic carbocycles. The summed E-state index contributed by atoms with van der Waals surface area (Å²) in [6.45, 7) is 4.84. The second-order valence-corrected chi connectivity index (χ2v) is 6.46. The number of hydrogen-bond donors (Lipinski definition) is 0. The molecule has 2 aliphatic heterocycles. The highest BCUT2D eigenvalue weighted by atomic mass is 16.8. The van der Waals surface area contributed by atoms with Gasteiger partial charge in [-0.25, -0.2) is 9.90 Å². The van der Waals surface area contributed by atoms with Crippen LogP contribution in [0.15, 0.2) is 30.3 Å². The molecule has 3 atom stereocenters. The first-order valence-electron chi connectivity index (χ1n) is 8.50. The topological polar surface area (TPSA) is 38.8 Å². The number of β-lactam (4-membered cyclic amide) rings is 1. The summed E-state index contributed by atoms with van der Waals surface area (Å²) in [5.74, 6) is 0.0838. The first-order valence-corrected chi connectivity index (χ1v) is 8.50. The SMILES string of the molecule is Cc1ccc(C=CCC2C(=O)N(OC3CCCCO3)C2C)cc1. The molecule has 0 bridgehead atoms. The molecule has 3 rings (SSSR count). The lowest BCUT2D eigenvalue weighted by Crippen LogP contribution is -2.60. The van der Waals surface area contributed by atoms with Crippen molar-refractivity contribution >= 4 is 12.0 Å². The highest BCUT2D eigenvalue weighted by Gasteiger charge is 2.46. The van der Waals surface area contributed by atoms with Crippen LogP contribution in [0.25, 0.3) is 6.08 Å². The average molecular weight is 315 g/mol. The zero-order chi connectivity index (χ0) is 16.2. The standard InChI is InChI=1S/C19H25NO3/c1-14-9-11-16(12-10-14)6-5-7-17-15(2)20(19(17)21)23-18-8-3-4-13-22-18/h5-6,9-12,15,17-18H,3-4,7-8,13H2,1-2H3. The Morgan fingerprint density at radius 1 is 1.30 bits per heavy atom. The van der Waals surface area contributed by atoms with Crippen LogP contribution in [0.4, 0.5) is 0 Å². The van der Waals surface area contributed by atoms with Crippen LogP contribution in [0.1, 0.15) is 43.7 Å². The van der Waals surface area contributed by atoms with Crippen molar-refractivity contribution in [3.63, 3.8) is 0 Å². The molecule has 0 N–H and O–H groups in total. The van der Waals surface area contributed by atoms with Gasteiger partial charge in [0.05, 0.1) is 12.0 Å². The van der Waals surface area contributed by atoms with E-state index in [1.807, 2.05) is 6.92 Å². The summed E-state index contributed by atoms with van der Waals surface area (Å²) in [4.78, 5) is 17.9. The highest BCUT2D eigenvalue weighted by molar-refractivity contribution is 5.85. The minimum absolute atomic E-state index is 0.0142. The van der Waals surface area contributed by atoms with Crippen LogP contribution in [-0.2, 0) is 14.4 Å². The number of amides is 1. The molecule has 3 unspecified atom stereocenters. The number of rotatable bonds is 5. The molecule has 0 spiro atoms. The smallest absolute Gasteiger partial charge is 0.252 e. The molecule has 2 fully saturated rings. The van der Waals surface area contributed by atoms with Gasteiger partial charge in [0, 0.05) is 13.0 Å². The second kappa shape index (κ2) is 7.28. The van der Waals surface area contributed by atoms with Crippen LogP contribution in [0.5, 0.6) is 0 Å². The zero-order valence-electron chi connectivity index (χ0n) is 13.9. The number of benzene rings is 1. The van der Waals surface area contributed by atoms with Gasteiger partial charge in [-0.2, -0.15) is 0 Å². The zero-order valence-corrected chi connectivity index (χ0v) is 13.9. The molecule has 1 amide bonds. The van der Waals surface area contributed by atoms with Gasteiger partial charge in [0.1, 0.15) is 0 Å². The number of nitrogens with zero attached hydrogens (tertiary/aromatic N) is 1. The first kappa shape index (κ1) is 16.2. The lowest BCUT2D eigenvalue weighted by molar-refractivity contribution is -0.316. The van der Waals surface area contributed by atoms with E-state index in [4.69, 9.17) is 9.57 Å². The van der Waals surface area contributed by atoms with Crippen LogP contribution < -0.4 is 0 Å². The van der Waals surface area contributed by atoms with Crippen molar-refractivity contribution in [2.24, 2.45) is 5.92 Å². The van der Waals surface area contributed by atoms with Gasteiger partial charge >= 0.3 is 0 Å². The minimum atomic E-state index is -0.251. The van der Waals surface area contributed by atoms with Gasteiger partial charge in [-0.05, 0) is 38.7 Å². The Kier molecular flexibility index (Phi) is 5.13. The Hall–Kier alpha value is -1.65. The Bertz CT molecular complexity index is 560. The lowest BCUT2D eigenvalue weighted by Gasteiger charge is -2.45. The Labute approximate surface area is 138 Å². The maximum Gasteiger partial charge on any atom is 0.252 e. The van der Waals surface area contributed by atoms with E-state index >= 15 is 0 Å². The fourth-order valence-corrected chi connectivity index (χ4v) is 3.05. The largest absolute Gasteiger partial charge is 0.350 e. The summed E-state index contributed by atoms with van der Waals surface area (Å²) < 4.78 is 5.53. The van der Waals surface area contributed by atoms with Gasteiger partial charge in [-0.3, -0.25) is 4.79 Å². The summed E-state index contributed by atoms with van der Waals surface area (Å²) in [6.07, 6.45) is 7.71. The molecule has 124 valence electrons. The molecule has 2 aliphatic rings. The van der Waals surface area contributed by atoms with Gasteiger partial charge in [0.2, 0.25) is 0 Å². The molecule has 1 aromatic rings. The third-order valence-electron chi connectivity index (χ3n) is 4.63. The molecule has 0 saturated carbocycles. The normalized spacial score (nSPS) is 28.2. The van der Waals surface area contributed by atoms with Crippen LogP contribution in [0.3, 0.4) is 0 Å². The molecule has 2 heterocycles. The van der Waals surface area contributed by atoms with Crippen molar-refractivity contribution in [2.75, 3.05) is 6.61 Å². The van der Waals surface area contributed by atoms with Crippen molar-refractivity contribution in [3.05, 3.63) is 41.5 Å². The molecule has 23 heavy (non-hydrogen) atoms. The fraction of sp³-hybridized carbons (Fsp3) is 0.526. The molecule has 0 aliphatic carbocycles. The third kappa shape index (κ3) is 3.82. The van der Waals surface area contributed by atoms with Crippen LogP contribution in [0.2, 0.25) is 0 Å². The predicted octanol–water partition coefficient (Wildman–Crippen LogP) is 3.70. The monoisotopic (exact) mass is 315 g/mol. The Morgan fingerprint density at radius 3 is 2.74 bits per heavy atom. The van der Waals surface area contributed by atoms with Crippen LogP contribution in [-0.4, -0.2) is 29.9 Å². The second-order valence-electron chi connectivity index (χ2n) is 6.46. The minimum Gasteiger partial charge on any atom is -0.350 e. The maximum atomic E-state index is 12.2. The summed E-state index contributed by atoms with van der Waals surface area (Å²) in [7, 11) is 0. The fourth-order valence-electron chi connectivity index (χ4n) is 3.05. The number of hydroxylamine groups is 2. The highest BCUT2D eigenvalue weighted by Crippen LogP contribution is 2.32. The van der Waals surface area contributed by atoms with Crippen LogP contribution in [0, 0.1) is 12.8 Å². The first-order chi connectivity index (χ1) is 11.1. The number of carbonyl (C=O) groups is 1. The van der Waals surface area contributed by atoms with Crippen molar-refractivity contribution in [1.29, 1.82) is 0 Å². The number of hydrogen-bond acceptors (Lipinski definition) is 3. The Balaban J connectivity index is 1.48. The third-order valence-corrected chi connectivity index (χ3v) is 4.63. The van der Waals surface area contributed by atoms with Crippen molar-refractivity contribution in [3.8, 4) is 0 Å². The van der Waals surface area contributed by atoms with Crippen molar-refractivity contribution in [1.82, 2.24) is 5.06 Å². The summed E-state index contributed by atoms with van der Waals surface area (Å²) >= 11 is 0. The lowest BCUT2D eigenvalue weighted by atomic mass is 9.88. The van der Waals surface area contributed by atoms with E-state index in [2.05, 4.69) is 43.3 Å². The summed E-state index contributed by atoms with van der Waals surface area (Å²) in [5.41, 5.74) is 2.42. The van der Waals surface area contributed by atoms with E-state index in [1.54, 1.807) is 0 Å². The quantitative estimate of drug-likeness (QED) is 0.778. The van der Waals surface area contributed by atoms with Gasteiger partial charge in [0.15, 0.2) is 6.29 Å². The van der Waals surface area contributed by atoms with Crippen molar-refractivity contribution in [2.45, 2.75) is 51.9 Å². The molecule has 4 heteroatoms. The molecular weight excluding hydrogens is 290 g/mol. The number of allylic oxidation sites excluding steroid dienone is 1. The number of aryl methyl sites for hydroxylation is 1. The van der Waals surface area contributed by atoms with Gasteiger partial charge < -0.3 is 4.74 Å². The van der Waals surface area contributed by atoms with Crippen LogP contribution >= 0.6 is 0 Å². The predicted molar refractivity (Wildman–Crippen MR) is 89.3 cm³/mol. The van der Waals surface area contributed by atoms with E-state index in [-0.39, 0.29) is 24.2 Å². The van der Waals surface area contributed by atoms with E-state index in [0.29, 0.717) is 0 Å². The van der Waals surface area contributed by atoms with Gasteiger partial charge in [-0.15, -0.1) is 0 Å². The Morgan fingerprint density at radius 2 is 2.09 bits per heavy atom. The molecular formula is C19H25NO3. The van der Waals surface area contributed by atoms with Gasteiger partial charge in [0.25, 0.3) is 5.91 Å². The van der Waals surface area contributed by atoms with Crippen molar-refractivity contribution < 1.29 is 14.4 Å². The van der Waals surface area contributed by atoms with E-state index in [9.17, 15) is 4.79 Å². The average Bonchev–Trinajstić information content (AvgIpc) is 2.59. The number of ether oxygens (including phenoxy) is 1. The molecule has 4 nitrogen and oxygen atoms in total. The molecule has 0 aromatic heterocycles. The molecule has 2 saturated heterocycles. The molecule has 0 radical (unpaired) electrons. The van der Waals surface area contributed by atoms with E-state index in [1.165, 1.54) is 16.2 Å². The summed E-state index contributed by atoms with van der Waals surface area (Å²) in [5, 5.41) is 1.50. The maximum absolute atomic E-state index is 12.2. The summed E-state index contributed by atoms with van der Waals surface area (Å²) in [6, 6.07) is 8.48. The van der Waals surface area contributed by atoms with E-state index < -0.39 is 0 Å². The number of carbonyl (C=O) groups excluding carboxylic acids is 1. The van der Waals surface area contributed by atoms with Gasteiger partial charge in [-0.1, -0.05) is 42.0 Å². The van der Waals surface area contributed by atoms with E-state index in [0.717, 1.165) is 32.3 Å².